The number of hydrogen-bond donors (Lipinski definition) is 5. The van der Waals surface area contributed by atoms with Gasteiger partial charge in [-0.3, -0.25) is 9.36 Å². The summed E-state index contributed by atoms with van der Waals surface area (Å²) in [4.78, 5) is 41.8. The second-order valence-electron chi connectivity index (χ2n) is 5.20. The molecule has 7 N–H and O–H groups in total. The molecule has 1 aromatic heterocycles. The van der Waals surface area contributed by atoms with E-state index in [4.69, 9.17) is 37.3 Å². The molecule has 0 aromatic carbocycles. The third kappa shape index (κ3) is 3.96. The number of nitrogens with two attached hydrogens (primary N) is 2. The lowest BCUT2D eigenvalue weighted by molar-refractivity contribution is -0.0698. The Labute approximate surface area is 142 Å². The summed E-state index contributed by atoms with van der Waals surface area (Å²) in [5.74, 6) is 0.159. The number of halogens is 1. The number of ether oxygens (including phenoxy) is 1. The Morgan fingerprint density at radius 3 is 2.88 bits per heavy atom. The van der Waals surface area contributed by atoms with E-state index in [2.05, 4.69) is 15.4 Å². The summed E-state index contributed by atoms with van der Waals surface area (Å²) in [5, 5.41) is 0. The van der Waals surface area contributed by atoms with Crippen molar-refractivity contribution in [2.75, 3.05) is 6.61 Å². The van der Waals surface area contributed by atoms with Crippen molar-refractivity contribution in [2.45, 2.75) is 24.7 Å². The fourth-order valence-corrected chi connectivity index (χ4v) is 2.94. The number of nitrogens with zero attached hydrogens (tertiary/aromatic N) is 2. The van der Waals surface area contributed by atoms with Gasteiger partial charge in [-0.15, -0.1) is 6.42 Å². The maximum Gasteiger partial charge on any atom is 0.567 e. The van der Waals surface area contributed by atoms with E-state index in [1.54, 1.807) is 0 Å². The van der Waals surface area contributed by atoms with Gasteiger partial charge in [0, 0.05) is 12.6 Å². The van der Waals surface area contributed by atoms with Gasteiger partial charge in [-0.2, -0.15) is 19.2 Å². The summed E-state index contributed by atoms with van der Waals surface area (Å²) in [6.07, 6.45) is 7.06. The third-order valence-electron chi connectivity index (χ3n) is 3.59. The fourth-order valence-electron chi connectivity index (χ4n) is 2.57. The highest BCUT2D eigenvalue weighted by Crippen LogP contribution is 2.47. The van der Waals surface area contributed by atoms with Crippen molar-refractivity contribution in [3.05, 3.63) is 17.6 Å². The molecule has 25 heavy (non-hydrogen) atoms. The number of primary amides is 1. The molecule has 12 heteroatoms. The summed E-state index contributed by atoms with van der Waals surface area (Å²) in [6.45, 7) is -0.359. The average molecular weight is 375 g/mol. The molecule has 2 heterocycles. The van der Waals surface area contributed by atoms with Gasteiger partial charge >= 0.3 is 8.17 Å². The number of rotatable bonds is 6. The summed E-state index contributed by atoms with van der Waals surface area (Å²) >= 11 is 0. The van der Waals surface area contributed by atoms with Crippen LogP contribution in [0.1, 0.15) is 23.2 Å². The molecule has 1 aliphatic heterocycles. The van der Waals surface area contributed by atoms with Crippen LogP contribution in [0.2, 0.25) is 0 Å². The highest BCUT2D eigenvalue weighted by atomic mass is 31.2. The van der Waals surface area contributed by atoms with E-state index in [0.29, 0.717) is 6.42 Å². The van der Waals surface area contributed by atoms with E-state index in [0.717, 1.165) is 17.1 Å². The Kier molecular flexibility index (Phi) is 5.43. The number of hydrogen-bond acceptors (Lipinski definition) is 7. The van der Waals surface area contributed by atoms with Crippen LogP contribution in [-0.2, 0) is 15.0 Å². The zero-order valence-electron chi connectivity index (χ0n) is 12.9. The van der Waals surface area contributed by atoms with Gasteiger partial charge in [-0.1, -0.05) is 0 Å². The maximum absolute atomic E-state index is 14.1. The molecular weight excluding hydrogens is 358 g/mol. The highest BCUT2D eigenvalue weighted by molar-refractivity contribution is 7.53. The minimum atomic E-state index is -4.43. The van der Waals surface area contributed by atoms with Crippen LogP contribution < -0.4 is 11.5 Å². The molecule has 0 bridgehead atoms. The van der Waals surface area contributed by atoms with Crippen LogP contribution in [0, 0.1) is 18.2 Å². The highest BCUT2D eigenvalue weighted by Gasteiger charge is 2.45. The monoisotopic (exact) mass is 375 g/mol. The van der Waals surface area contributed by atoms with Crippen LogP contribution in [0.5, 0.6) is 0 Å². The van der Waals surface area contributed by atoms with Gasteiger partial charge < -0.3 is 16.2 Å². The predicted octanol–water partition coefficient (Wildman–Crippen LogP) is -0.519. The molecular formula is C13H17FN4O6P+. The molecule has 0 saturated carbocycles. The summed E-state index contributed by atoms with van der Waals surface area (Å²) in [7, 11) is -4.43. The van der Waals surface area contributed by atoms with Gasteiger partial charge in [0.15, 0.2) is 11.6 Å². The van der Waals surface area contributed by atoms with E-state index in [-0.39, 0.29) is 18.8 Å². The van der Waals surface area contributed by atoms with Crippen molar-refractivity contribution in [3.63, 3.8) is 0 Å². The molecule has 136 valence electrons. The molecule has 2 rings (SSSR count). The SMILES string of the molecule is C#CC1(n2cc(F)c(C(N)=O)c2/N=C\N)CCC(CO[P+](O)(O)O)O1. The molecule has 1 aromatic rings. The van der Waals surface area contributed by atoms with Crippen LogP contribution in [-0.4, -0.2) is 44.2 Å². The van der Waals surface area contributed by atoms with Gasteiger partial charge in [-0.05, 0) is 12.3 Å². The number of carbonyl (C=O) groups is 1. The number of carbonyl (C=O) groups excluding carboxylic acids is 1. The van der Waals surface area contributed by atoms with Gasteiger partial charge in [-0.25, -0.2) is 9.38 Å². The van der Waals surface area contributed by atoms with Crippen molar-refractivity contribution >= 4 is 26.2 Å². The lowest BCUT2D eigenvalue weighted by Gasteiger charge is -2.26. The Balaban J connectivity index is 2.38. The van der Waals surface area contributed by atoms with Crippen molar-refractivity contribution in [1.29, 1.82) is 0 Å². The molecule has 10 nitrogen and oxygen atoms in total. The van der Waals surface area contributed by atoms with Crippen LogP contribution in [0.15, 0.2) is 11.2 Å². The number of aliphatic imine (C=N–C) groups is 1. The molecule has 1 saturated heterocycles. The molecule has 0 spiro atoms. The molecule has 1 aliphatic rings. The zero-order chi connectivity index (χ0) is 18.8. The summed E-state index contributed by atoms with van der Waals surface area (Å²) < 4.78 is 25.4. The minimum Gasteiger partial charge on any atom is -0.390 e. The van der Waals surface area contributed by atoms with E-state index in [1.165, 1.54) is 0 Å². The lowest BCUT2D eigenvalue weighted by Crippen LogP contribution is -2.32. The maximum atomic E-state index is 14.1. The Morgan fingerprint density at radius 2 is 2.36 bits per heavy atom. The fraction of sp³-hybridized carbons (Fsp3) is 0.385. The van der Waals surface area contributed by atoms with E-state index >= 15 is 0 Å². The predicted molar refractivity (Wildman–Crippen MR) is 85.7 cm³/mol. The van der Waals surface area contributed by atoms with Gasteiger partial charge in [0.05, 0.1) is 12.4 Å². The molecule has 2 atom stereocenters. The van der Waals surface area contributed by atoms with E-state index in [1.807, 2.05) is 0 Å². The normalized spacial score (nSPS) is 23.9. The van der Waals surface area contributed by atoms with Crippen LogP contribution in [0.25, 0.3) is 0 Å². The van der Waals surface area contributed by atoms with Crippen LogP contribution in [0.3, 0.4) is 0 Å². The molecule has 1 amide bonds. The number of amides is 1. The largest absolute Gasteiger partial charge is 0.567 e. The van der Waals surface area contributed by atoms with Gasteiger partial charge in [0.1, 0.15) is 12.2 Å². The van der Waals surface area contributed by atoms with E-state index < -0.39 is 37.3 Å². The number of aromatic nitrogens is 1. The Bertz CT molecular complexity index is 740. The zero-order valence-corrected chi connectivity index (χ0v) is 13.8. The first kappa shape index (κ1) is 19.3. The second-order valence-corrected chi connectivity index (χ2v) is 6.49. The quantitative estimate of drug-likeness (QED) is 0.193. The lowest BCUT2D eigenvalue weighted by atomic mass is 10.1. The summed E-state index contributed by atoms with van der Waals surface area (Å²) in [5.41, 5.74) is 8.39. The third-order valence-corrected chi connectivity index (χ3v) is 4.09. The van der Waals surface area contributed by atoms with Crippen molar-refractivity contribution in [2.24, 2.45) is 16.5 Å². The van der Waals surface area contributed by atoms with Gasteiger partial charge in [0.25, 0.3) is 5.91 Å². The first-order chi connectivity index (χ1) is 11.6. The van der Waals surface area contributed by atoms with E-state index in [9.17, 15) is 9.18 Å². The molecule has 0 aliphatic carbocycles. The average Bonchev–Trinajstić information content (AvgIpc) is 3.07. The second kappa shape index (κ2) is 7.05. The Hall–Kier alpha value is -2.06. The molecule has 2 unspecified atom stereocenters. The Morgan fingerprint density at radius 1 is 1.68 bits per heavy atom. The standard InChI is InChI=1S/C13H16FN4O6P/c1-2-13(4-3-8(24-13)6-23-25(20,21)22)18-5-9(14)10(11(16)19)12(18)17-7-15/h1,5,7-8,20-22H,3-4,6H2,(H3-,15,16,17,19)/p+1. The molecule has 0 radical (unpaired) electrons. The van der Waals surface area contributed by atoms with Crippen LogP contribution in [0.4, 0.5) is 10.2 Å². The topological polar surface area (TPSA) is 166 Å². The molecule has 1 fully saturated rings. The number of terminal acetylenes is 1. The minimum absolute atomic E-state index is 0.171. The van der Waals surface area contributed by atoms with Gasteiger partial charge in [0.2, 0.25) is 5.72 Å². The smallest absolute Gasteiger partial charge is 0.390 e. The summed E-state index contributed by atoms with van der Waals surface area (Å²) in [6, 6.07) is 0. The van der Waals surface area contributed by atoms with Crippen LogP contribution >= 0.6 is 8.17 Å². The first-order valence-electron chi connectivity index (χ1n) is 6.96. The van der Waals surface area contributed by atoms with Crippen molar-refractivity contribution < 1.29 is 33.1 Å². The van der Waals surface area contributed by atoms with Crippen molar-refractivity contribution in [3.8, 4) is 12.3 Å². The van der Waals surface area contributed by atoms with Crippen molar-refractivity contribution in [1.82, 2.24) is 4.57 Å². The first-order valence-corrected chi connectivity index (χ1v) is 8.53.